The van der Waals surface area contributed by atoms with Crippen LogP contribution in [0.2, 0.25) is 0 Å². The smallest absolute Gasteiger partial charge is 0.274 e. The molecule has 1 atom stereocenters. The number of nitrogens with one attached hydrogen (secondary N) is 3. The van der Waals surface area contributed by atoms with Gasteiger partial charge in [-0.2, -0.15) is 20.2 Å². The maximum absolute atomic E-state index is 12.0. The fourth-order valence-electron chi connectivity index (χ4n) is 3.11. The number of hydrogen-bond acceptors (Lipinski definition) is 10. The summed E-state index contributed by atoms with van der Waals surface area (Å²) in [6, 6.07) is 8.10. The Hall–Kier alpha value is -1.94. The van der Waals surface area contributed by atoms with E-state index in [0.717, 1.165) is 29.9 Å². The number of thioether (sulfide) groups is 1. The van der Waals surface area contributed by atoms with Crippen molar-refractivity contribution in [2.24, 2.45) is 0 Å². The van der Waals surface area contributed by atoms with E-state index in [4.69, 9.17) is 18.8 Å². The number of aliphatic hydroxyl groups excluding tert-OH is 1. The van der Waals surface area contributed by atoms with Gasteiger partial charge in [-0.25, -0.2) is 0 Å². The van der Waals surface area contributed by atoms with Crippen LogP contribution in [0.5, 0.6) is 5.75 Å². The van der Waals surface area contributed by atoms with Crippen molar-refractivity contribution in [3.05, 3.63) is 29.8 Å². The molecule has 1 aromatic carbocycles. The lowest BCUT2D eigenvalue weighted by molar-refractivity contribution is -0.119. The summed E-state index contributed by atoms with van der Waals surface area (Å²) in [5.74, 6) is 0.120. The van der Waals surface area contributed by atoms with Crippen molar-refractivity contribution in [2.75, 3.05) is 69.9 Å². The van der Waals surface area contributed by atoms with Gasteiger partial charge >= 0.3 is 0 Å². The molecule has 1 aromatic rings. The molecule has 0 aliphatic rings. The largest absolute Gasteiger partial charge is 0.491 e. The average molecular weight is 594 g/mol. The Kier molecular flexibility index (Phi) is 18.8. The number of aryl methyl sites for hydroxylation is 1. The van der Waals surface area contributed by atoms with Crippen LogP contribution in [0.25, 0.3) is 0 Å². The molecule has 1 rings (SSSR count). The van der Waals surface area contributed by atoms with Crippen LogP contribution in [0.4, 0.5) is 0 Å². The van der Waals surface area contributed by atoms with Crippen LogP contribution in [0.15, 0.2) is 24.3 Å². The topological polar surface area (TPSA) is 173 Å². The third-order valence-electron chi connectivity index (χ3n) is 4.96. The molecule has 0 spiro atoms. The second kappa shape index (κ2) is 20.9. The quantitative estimate of drug-likeness (QED) is 0.0869. The molecule has 0 aromatic heterocycles. The summed E-state index contributed by atoms with van der Waals surface area (Å²) in [5, 5.41) is 18.3. The molecule has 39 heavy (non-hydrogen) atoms. The molecule has 224 valence electrons. The maximum Gasteiger partial charge on any atom is 0.274 e. The number of rotatable bonds is 23. The average Bonchev–Trinajstić information content (AvgIpc) is 2.86. The number of hydrogen-bond donors (Lipinski definition) is 5. The van der Waals surface area contributed by atoms with Crippen LogP contribution in [0, 0.1) is 0 Å². The molecule has 12 nitrogen and oxygen atoms in total. The summed E-state index contributed by atoms with van der Waals surface area (Å²) in [4.78, 5) is 23.2. The Morgan fingerprint density at radius 3 is 2.28 bits per heavy atom. The van der Waals surface area contributed by atoms with Crippen molar-refractivity contribution in [1.29, 1.82) is 0 Å². The van der Waals surface area contributed by atoms with Gasteiger partial charge in [0.1, 0.15) is 18.5 Å². The Balaban J connectivity index is 2.02. The fourth-order valence-corrected chi connectivity index (χ4v) is 4.33. The minimum atomic E-state index is -4.33. The zero-order valence-corrected chi connectivity index (χ0v) is 24.4. The number of carbonyl (C=O) groups excluding carboxylic acids is 2. The molecular weight excluding hydrogens is 550 g/mol. The van der Waals surface area contributed by atoms with E-state index in [1.54, 1.807) is 11.8 Å². The van der Waals surface area contributed by atoms with Crippen LogP contribution in [-0.2, 0) is 35.6 Å². The minimum absolute atomic E-state index is 0.0618. The van der Waals surface area contributed by atoms with E-state index >= 15 is 0 Å². The molecule has 0 aliphatic carbocycles. The molecule has 0 saturated heterocycles. The Bertz CT molecular complexity index is 933. The Morgan fingerprint density at radius 2 is 1.64 bits per heavy atom. The molecule has 2 amide bonds. The highest BCUT2D eigenvalue weighted by molar-refractivity contribution is 7.99. The molecule has 0 heterocycles. The van der Waals surface area contributed by atoms with Crippen LogP contribution >= 0.6 is 11.8 Å². The number of ether oxygens (including phenoxy) is 3. The van der Waals surface area contributed by atoms with Gasteiger partial charge in [-0.3, -0.25) is 14.1 Å². The summed E-state index contributed by atoms with van der Waals surface area (Å²) in [6.45, 7) is 6.35. The lowest BCUT2D eigenvalue weighted by Gasteiger charge is -2.16. The van der Waals surface area contributed by atoms with Gasteiger partial charge in [0.25, 0.3) is 10.1 Å². The zero-order chi connectivity index (χ0) is 28.9. The summed E-state index contributed by atoms with van der Waals surface area (Å²) in [5.41, 5.74) is 1.08. The molecule has 0 radical (unpaired) electrons. The van der Waals surface area contributed by atoms with Gasteiger partial charge in [0.2, 0.25) is 11.8 Å². The van der Waals surface area contributed by atoms with Crippen LogP contribution in [0.1, 0.15) is 25.8 Å². The summed E-state index contributed by atoms with van der Waals surface area (Å²) in [6.07, 6.45) is 1.13. The van der Waals surface area contributed by atoms with Crippen molar-refractivity contribution < 1.29 is 41.9 Å². The van der Waals surface area contributed by atoms with E-state index in [0.29, 0.717) is 38.1 Å². The molecule has 1 unspecified atom stereocenters. The van der Waals surface area contributed by atoms with E-state index < -0.39 is 27.9 Å². The lowest BCUT2D eigenvalue weighted by Crippen LogP contribution is -2.35. The standard InChI is InChI=1S/C25H43N3O9S2/c1-20(2)28-16-22(29)17-37-23-8-4-3-6-21(23)7-5-15-38-18-24(30)26-9-11-35-13-14-36-12-10-27-25(31)19-39(32,33)34/h3-4,6,8,20,22,28-29H,5,7,9-19H2,1-2H3,(H,26,30)(H,27,31)(H,32,33,34). The van der Waals surface area contributed by atoms with Gasteiger partial charge in [-0.15, -0.1) is 0 Å². The van der Waals surface area contributed by atoms with E-state index in [1.807, 2.05) is 38.1 Å². The number of aliphatic hydroxyl groups is 1. The van der Waals surface area contributed by atoms with Crippen molar-refractivity contribution in [3.63, 3.8) is 0 Å². The predicted molar refractivity (Wildman–Crippen MR) is 151 cm³/mol. The first-order valence-electron chi connectivity index (χ1n) is 12.9. The molecule has 0 fully saturated rings. The van der Waals surface area contributed by atoms with Gasteiger partial charge in [0.15, 0.2) is 5.75 Å². The number of para-hydroxylation sites is 1. The second-order valence-electron chi connectivity index (χ2n) is 8.94. The van der Waals surface area contributed by atoms with Crippen molar-refractivity contribution in [3.8, 4) is 5.75 Å². The van der Waals surface area contributed by atoms with E-state index in [-0.39, 0.29) is 32.3 Å². The minimum Gasteiger partial charge on any atom is -0.491 e. The lowest BCUT2D eigenvalue weighted by atomic mass is 10.1. The van der Waals surface area contributed by atoms with Crippen LogP contribution in [0.3, 0.4) is 0 Å². The van der Waals surface area contributed by atoms with Gasteiger partial charge in [0, 0.05) is 25.7 Å². The van der Waals surface area contributed by atoms with Gasteiger partial charge < -0.3 is 35.3 Å². The summed E-state index contributed by atoms with van der Waals surface area (Å²) < 4.78 is 46.1. The monoisotopic (exact) mass is 593 g/mol. The first-order valence-corrected chi connectivity index (χ1v) is 15.7. The fraction of sp³-hybridized carbons (Fsp3) is 0.680. The van der Waals surface area contributed by atoms with E-state index in [1.165, 1.54) is 0 Å². The third kappa shape index (κ3) is 20.6. The van der Waals surface area contributed by atoms with Crippen molar-refractivity contribution >= 4 is 33.7 Å². The first kappa shape index (κ1) is 35.1. The van der Waals surface area contributed by atoms with Crippen LogP contribution in [-0.4, -0.2) is 112 Å². The highest BCUT2D eigenvalue weighted by Crippen LogP contribution is 2.20. The van der Waals surface area contributed by atoms with E-state index in [9.17, 15) is 23.1 Å². The molecule has 0 bridgehead atoms. The normalized spacial score (nSPS) is 12.3. The van der Waals surface area contributed by atoms with Gasteiger partial charge in [0.05, 0.1) is 32.2 Å². The molecular formula is C25H43N3O9S2. The second-order valence-corrected chi connectivity index (χ2v) is 11.5. The molecule has 0 aliphatic heterocycles. The number of benzene rings is 1. The number of carbonyl (C=O) groups is 2. The summed E-state index contributed by atoms with van der Waals surface area (Å²) >= 11 is 1.56. The first-order chi connectivity index (χ1) is 18.6. The van der Waals surface area contributed by atoms with Crippen LogP contribution < -0.4 is 20.7 Å². The predicted octanol–water partition coefficient (Wildman–Crippen LogP) is 0.244. The highest BCUT2D eigenvalue weighted by Gasteiger charge is 2.12. The summed E-state index contributed by atoms with van der Waals surface area (Å²) in [7, 11) is -4.33. The molecule has 14 heteroatoms. The number of amides is 2. The Morgan fingerprint density at radius 1 is 1.00 bits per heavy atom. The maximum atomic E-state index is 12.0. The SMILES string of the molecule is CC(C)NCC(O)COc1ccccc1CCCSCC(=O)NCCOCCOCCNC(=O)CS(=O)(=O)O. The van der Waals surface area contributed by atoms with E-state index in [2.05, 4.69) is 16.0 Å². The highest BCUT2D eigenvalue weighted by atomic mass is 32.2. The molecule has 0 saturated carbocycles. The van der Waals surface area contributed by atoms with Crippen molar-refractivity contribution in [2.45, 2.75) is 38.8 Å². The van der Waals surface area contributed by atoms with Gasteiger partial charge in [-0.05, 0) is 30.2 Å². The van der Waals surface area contributed by atoms with Crippen molar-refractivity contribution in [1.82, 2.24) is 16.0 Å². The van der Waals surface area contributed by atoms with Gasteiger partial charge in [-0.1, -0.05) is 32.0 Å². The Labute approximate surface area is 235 Å². The zero-order valence-electron chi connectivity index (χ0n) is 22.7. The molecule has 5 N–H and O–H groups in total. The third-order valence-corrected chi connectivity index (χ3v) is 6.63.